The van der Waals surface area contributed by atoms with Crippen LogP contribution in [0.5, 0.6) is 0 Å². The van der Waals surface area contributed by atoms with Gasteiger partial charge in [-0.25, -0.2) is 4.98 Å². The van der Waals surface area contributed by atoms with E-state index in [9.17, 15) is 0 Å². The third-order valence-corrected chi connectivity index (χ3v) is 4.65. The van der Waals surface area contributed by atoms with Crippen LogP contribution in [0.25, 0.3) is 11.0 Å². The predicted molar refractivity (Wildman–Crippen MR) is 84.7 cm³/mol. The van der Waals surface area contributed by atoms with E-state index in [-0.39, 0.29) is 6.04 Å². The number of hydrogen-bond donors (Lipinski definition) is 1. The molecule has 104 valence electrons. The molecule has 0 radical (unpaired) electrons. The first-order chi connectivity index (χ1) is 9.13. The van der Waals surface area contributed by atoms with Crippen LogP contribution in [-0.4, -0.2) is 27.6 Å². The average Bonchev–Trinajstić information content (AvgIpc) is 2.76. The number of rotatable bonds is 6. The van der Waals surface area contributed by atoms with Crippen molar-refractivity contribution in [3.8, 4) is 0 Å². The van der Waals surface area contributed by atoms with E-state index in [2.05, 4.69) is 55.2 Å². The maximum Gasteiger partial charge on any atom is 0.126 e. The number of thioether (sulfide) groups is 1. The van der Waals surface area contributed by atoms with Crippen LogP contribution in [0, 0.1) is 0 Å². The van der Waals surface area contributed by atoms with Crippen molar-refractivity contribution in [2.45, 2.75) is 31.6 Å². The lowest BCUT2D eigenvalue weighted by Gasteiger charge is -2.15. The molecule has 1 aromatic carbocycles. The Bertz CT molecular complexity index is 535. The molecule has 0 fully saturated rings. The van der Waals surface area contributed by atoms with E-state index in [1.165, 1.54) is 11.9 Å². The van der Waals surface area contributed by atoms with E-state index < -0.39 is 0 Å². The minimum atomic E-state index is 0.284. The lowest BCUT2D eigenvalue weighted by Crippen LogP contribution is -2.24. The first kappa shape index (κ1) is 14.4. The lowest BCUT2D eigenvalue weighted by molar-refractivity contribution is 0.523. The Labute approximate surface area is 119 Å². The van der Waals surface area contributed by atoms with E-state index in [0.29, 0.717) is 5.25 Å². The van der Waals surface area contributed by atoms with Gasteiger partial charge in [-0.1, -0.05) is 19.1 Å². The summed E-state index contributed by atoms with van der Waals surface area (Å²) in [6.45, 7) is 5.49. The van der Waals surface area contributed by atoms with E-state index in [4.69, 9.17) is 4.98 Å². The number of aromatic nitrogens is 2. The maximum absolute atomic E-state index is 4.73. The highest BCUT2D eigenvalue weighted by molar-refractivity contribution is 7.99. The Hall–Kier alpha value is -1.00. The summed E-state index contributed by atoms with van der Waals surface area (Å²) in [4.78, 5) is 4.73. The normalized spacial score (nSPS) is 14.7. The summed E-state index contributed by atoms with van der Waals surface area (Å²) >= 11 is 1.92. The van der Waals surface area contributed by atoms with Crippen LogP contribution < -0.4 is 5.32 Å². The zero-order valence-corrected chi connectivity index (χ0v) is 13.0. The van der Waals surface area contributed by atoms with Gasteiger partial charge in [0.2, 0.25) is 0 Å². The zero-order valence-electron chi connectivity index (χ0n) is 12.2. The van der Waals surface area contributed by atoms with Crippen molar-refractivity contribution in [2.75, 3.05) is 12.8 Å². The molecule has 3 nitrogen and oxygen atoms in total. The largest absolute Gasteiger partial charge is 0.330 e. The summed E-state index contributed by atoms with van der Waals surface area (Å²) in [5, 5.41) is 4.28. The van der Waals surface area contributed by atoms with Gasteiger partial charge in [-0.15, -0.1) is 0 Å². The first-order valence-corrected chi connectivity index (χ1v) is 8.09. The molecule has 0 aliphatic carbocycles. The minimum absolute atomic E-state index is 0.284. The quantitative estimate of drug-likeness (QED) is 0.878. The van der Waals surface area contributed by atoms with Gasteiger partial charge in [0.05, 0.1) is 17.1 Å². The van der Waals surface area contributed by atoms with Gasteiger partial charge in [-0.05, 0) is 38.3 Å². The molecule has 2 unspecified atom stereocenters. The fourth-order valence-electron chi connectivity index (χ4n) is 2.26. The van der Waals surface area contributed by atoms with Gasteiger partial charge >= 0.3 is 0 Å². The highest BCUT2D eigenvalue weighted by Crippen LogP contribution is 2.19. The number of aryl methyl sites for hydroxylation is 1. The highest BCUT2D eigenvalue weighted by Gasteiger charge is 2.13. The average molecular weight is 277 g/mol. The van der Waals surface area contributed by atoms with Gasteiger partial charge in [-0.2, -0.15) is 11.8 Å². The van der Waals surface area contributed by atoms with Crippen LogP contribution in [0.3, 0.4) is 0 Å². The Morgan fingerprint density at radius 3 is 2.74 bits per heavy atom. The molecule has 0 saturated heterocycles. The molecule has 2 atom stereocenters. The SMILES string of the molecule is CSC(C)CCNC(C)c1nc2ccccc2n1C. The molecular formula is C15H23N3S. The van der Waals surface area contributed by atoms with Crippen molar-refractivity contribution < 1.29 is 0 Å². The van der Waals surface area contributed by atoms with Gasteiger partial charge in [0, 0.05) is 12.3 Å². The van der Waals surface area contributed by atoms with Crippen LogP contribution in [0.15, 0.2) is 24.3 Å². The summed E-state index contributed by atoms with van der Waals surface area (Å²) in [7, 11) is 2.09. The number of hydrogen-bond acceptors (Lipinski definition) is 3. The number of fused-ring (bicyclic) bond motifs is 1. The third-order valence-electron chi connectivity index (χ3n) is 3.61. The molecule has 0 saturated carbocycles. The summed E-state index contributed by atoms with van der Waals surface area (Å²) in [6.07, 6.45) is 3.36. The van der Waals surface area contributed by atoms with Crippen molar-refractivity contribution in [3.63, 3.8) is 0 Å². The van der Waals surface area contributed by atoms with Gasteiger partial charge in [-0.3, -0.25) is 0 Å². The molecule has 1 aromatic heterocycles. The summed E-state index contributed by atoms with van der Waals surface area (Å²) in [6, 6.07) is 8.57. The standard InChI is InChI=1S/C15H23N3S/c1-11(19-4)9-10-16-12(2)15-17-13-7-5-6-8-14(13)18(15)3/h5-8,11-12,16H,9-10H2,1-4H3. The third kappa shape index (κ3) is 3.31. The molecular weight excluding hydrogens is 254 g/mol. The number of nitrogens with one attached hydrogen (secondary N) is 1. The Morgan fingerprint density at radius 2 is 2.05 bits per heavy atom. The van der Waals surface area contributed by atoms with Crippen molar-refractivity contribution in [1.82, 2.24) is 14.9 Å². The second-order valence-corrected chi connectivity index (χ2v) is 6.30. The Kier molecular flexibility index (Phi) is 4.88. The van der Waals surface area contributed by atoms with Crippen molar-refractivity contribution in [3.05, 3.63) is 30.1 Å². The smallest absolute Gasteiger partial charge is 0.126 e. The number of benzene rings is 1. The predicted octanol–water partition coefficient (Wildman–Crippen LogP) is 3.37. The molecule has 1 heterocycles. The number of nitrogens with zero attached hydrogens (tertiary/aromatic N) is 2. The van der Waals surface area contributed by atoms with E-state index >= 15 is 0 Å². The summed E-state index contributed by atoms with van der Waals surface area (Å²) in [5.41, 5.74) is 2.27. The summed E-state index contributed by atoms with van der Waals surface area (Å²) < 4.78 is 2.19. The molecule has 0 bridgehead atoms. The molecule has 0 aliphatic heterocycles. The van der Waals surface area contributed by atoms with Gasteiger partial charge in [0.1, 0.15) is 5.82 Å². The zero-order chi connectivity index (χ0) is 13.8. The molecule has 1 N–H and O–H groups in total. The van der Waals surface area contributed by atoms with Crippen LogP contribution in [0.4, 0.5) is 0 Å². The van der Waals surface area contributed by atoms with Crippen LogP contribution >= 0.6 is 11.8 Å². The second kappa shape index (κ2) is 6.44. The summed E-state index contributed by atoms with van der Waals surface area (Å²) in [5.74, 6) is 1.11. The molecule has 4 heteroatoms. The van der Waals surface area contributed by atoms with E-state index in [0.717, 1.165) is 17.9 Å². The van der Waals surface area contributed by atoms with Crippen LogP contribution in [0.2, 0.25) is 0 Å². The molecule has 0 spiro atoms. The van der Waals surface area contributed by atoms with Gasteiger partial charge in [0.15, 0.2) is 0 Å². The number of para-hydroxylation sites is 2. The molecule has 0 aliphatic rings. The second-order valence-electron chi connectivity index (χ2n) is 5.03. The fourth-order valence-corrected chi connectivity index (χ4v) is 2.62. The fraction of sp³-hybridized carbons (Fsp3) is 0.533. The van der Waals surface area contributed by atoms with Gasteiger partial charge < -0.3 is 9.88 Å². The van der Waals surface area contributed by atoms with Crippen molar-refractivity contribution >= 4 is 22.8 Å². The highest BCUT2D eigenvalue weighted by atomic mass is 32.2. The molecule has 2 aromatic rings. The van der Waals surface area contributed by atoms with E-state index in [1.807, 2.05) is 17.8 Å². The minimum Gasteiger partial charge on any atom is -0.330 e. The Morgan fingerprint density at radius 1 is 1.32 bits per heavy atom. The molecule has 0 amide bonds. The van der Waals surface area contributed by atoms with Crippen molar-refractivity contribution in [1.29, 1.82) is 0 Å². The molecule has 2 rings (SSSR count). The topological polar surface area (TPSA) is 29.9 Å². The lowest BCUT2D eigenvalue weighted by atomic mass is 10.2. The van der Waals surface area contributed by atoms with E-state index in [1.54, 1.807) is 0 Å². The molecule has 19 heavy (non-hydrogen) atoms. The first-order valence-electron chi connectivity index (χ1n) is 6.81. The Balaban J connectivity index is 2.05. The van der Waals surface area contributed by atoms with Crippen LogP contribution in [0.1, 0.15) is 32.1 Å². The monoisotopic (exact) mass is 277 g/mol. The van der Waals surface area contributed by atoms with Gasteiger partial charge in [0.25, 0.3) is 0 Å². The number of imidazole rings is 1. The van der Waals surface area contributed by atoms with Crippen LogP contribution in [-0.2, 0) is 7.05 Å². The maximum atomic E-state index is 4.73. The van der Waals surface area contributed by atoms with Crippen molar-refractivity contribution in [2.24, 2.45) is 7.05 Å².